The van der Waals surface area contributed by atoms with Gasteiger partial charge in [0.25, 0.3) is 5.22 Å². The number of benzene rings is 2. The lowest BCUT2D eigenvalue weighted by Crippen LogP contribution is -1.90. The Morgan fingerprint density at radius 2 is 1.65 bits per heavy atom. The van der Waals surface area contributed by atoms with E-state index in [1.54, 1.807) is 21.3 Å². The van der Waals surface area contributed by atoms with Crippen LogP contribution in [0.25, 0.3) is 11.5 Å². The van der Waals surface area contributed by atoms with Crippen molar-refractivity contribution in [1.82, 2.24) is 10.2 Å². The van der Waals surface area contributed by atoms with Crippen molar-refractivity contribution in [3.8, 4) is 28.7 Å². The van der Waals surface area contributed by atoms with Gasteiger partial charge in [0.2, 0.25) is 5.89 Å². The van der Waals surface area contributed by atoms with Crippen molar-refractivity contribution in [2.75, 3.05) is 27.1 Å². The molecule has 0 N–H and O–H groups in total. The van der Waals surface area contributed by atoms with Gasteiger partial charge in [-0.2, -0.15) is 0 Å². The van der Waals surface area contributed by atoms with Gasteiger partial charge in [0, 0.05) is 11.3 Å². The lowest BCUT2D eigenvalue weighted by molar-refractivity contribution is 0.355. The quantitative estimate of drug-likeness (QED) is 0.552. The van der Waals surface area contributed by atoms with Crippen LogP contribution in [0, 0.1) is 0 Å². The minimum Gasteiger partial charge on any atom is -0.497 e. The fourth-order valence-corrected chi connectivity index (χ4v) is 3.15. The maximum absolute atomic E-state index is 5.74. The van der Waals surface area contributed by atoms with Crippen LogP contribution < -0.4 is 14.2 Å². The van der Waals surface area contributed by atoms with Crippen LogP contribution in [0.5, 0.6) is 17.2 Å². The summed E-state index contributed by atoms with van der Waals surface area (Å²) in [4.78, 5) is 0. The first kappa shape index (κ1) is 18.1. The molecule has 26 heavy (non-hydrogen) atoms. The zero-order valence-electron chi connectivity index (χ0n) is 14.9. The Hall–Kier alpha value is -2.67. The monoisotopic (exact) mass is 372 g/mol. The van der Waals surface area contributed by atoms with Crippen molar-refractivity contribution in [3.63, 3.8) is 0 Å². The van der Waals surface area contributed by atoms with Gasteiger partial charge in [0.05, 0.1) is 21.3 Å². The summed E-state index contributed by atoms with van der Waals surface area (Å²) in [5.74, 6) is 3.44. The molecule has 0 aliphatic rings. The van der Waals surface area contributed by atoms with E-state index in [9.17, 15) is 0 Å². The second-order valence-electron chi connectivity index (χ2n) is 5.39. The molecular formula is C19H20N2O4S. The summed E-state index contributed by atoms with van der Waals surface area (Å²) in [5, 5.41) is 8.76. The third-order valence-electron chi connectivity index (χ3n) is 3.81. The highest BCUT2D eigenvalue weighted by atomic mass is 32.2. The Bertz CT molecular complexity index is 849. The van der Waals surface area contributed by atoms with E-state index >= 15 is 0 Å². The molecule has 0 radical (unpaired) electrons. The second-order valence-corrected chi connectivity index (χ2v) is 6.44. The number of ether oxygens (including phenoxy) is 3. The first-order valence-corrected chi connectivity index (χ1v) is 9.03. The summed E-state index contributed by atoms with van der Waals surface area (Å²) >= 11 is 1.53. The molecule has 0 atom stereocenters. The number of aromatic nitrogens is 2. The summed E-state index contributed by atoms with van der Waals surface area (Å²) in [5.41, 5.74) is 2.02. The predicted octanol–water partition coefficient (Wildman–Crippen LogP) is 4.10. The fourth-order valence-electron chi connectivity index (χ4n) is 2.40. The topological polar surface area (TPSA) is 66.6 Å². The molecule has 6 nitrogen and oxygen atoms in total. The molecule has 0 unspecified atom stereocenters. The Morgan fingerprint density at radius 1 is 0.885 bits per heavy atom. The van der Waals surface area contributed by atoms with Crippen LogP contribution in [0.1, 0.15) is 5.56 Å². The zero-order chi connectivity index (χ0) is 18.4. The molecule has 0 spiro atoms. The van der Waals surface area contributed by atoms with Gasteiger partial charge in [-0.15, -0.1) is 10.2 Å². The van der Waals surface area contributed by atoms with E-state index in [0.29, 0.717) is 22.6 Å². The Kier molecular flexibility index (Phi) is 6.01. The summed E-state index contributed by atoms with van der Waals surface area (Å²) in [6.45, 7) is 0. The lowest BCUT2D eigenvalue weighted by Gasteiger charge is -2.07. The Morgan fingerprint density at radius 3 is 2.35 bits per heavy atom. The van der Waals surface area contributed by atoms with Crippen LogP contribution in [0.4, 0.5) is 0 Å². The minimum absolute atomic E-state index is 0.456. The van der Waals surface area contributed by atoms with Gasteiger partial charge in [0.15, 0.2) is 11.5 Å². The van der Waals surface area contributed by atoms with Crippen molar-refractivity contribution in [3.05, 3.63) is 48.0 Å². The highest BCUT2D eigenvalue weighted by Crippen LogP contribution is 2.32. The van der Waals surface area contributed by atoms with Crippen molar-refractivity contribution in [2.45, 2.75) is 11.6 Å². The molecule has 1 heterocycles. The standard InChI is InChI=1S/C19H20N2O4S/c1-22-15-7-4-13(5-8-15)10-11-26-19-21-20-18(25-19)14-6-9-16(23-2)17(12-14)24-3/h4-9,12H,10-11H2,1-3H3. The number of nitrogens with zero attached hydrogens (tertiary/aromatic N) is 2. The molecule has 0 bridgehead atoms. The zero-order valence-corrected chi connectivity index (χ0v) is 15.7. The average molecular weight is 372 g/mol. The van der Waals surface area contributed by atoms with Gasteiger partial charge in [-0.1, -0.05) is 23.9 Å². The normalized spacial score (nSPS) is 10.6. The number of rotatable bonds is 8. The van der Waals surface area contributed by atoms with Crippen molar-refractivity contribution in [2.24, 2.45) is 0 Å². The van der Waals surface area contributed by atoms with Gasteiger partial charge in [-0.3, -0.25) is 0 Å². The Balaban J connectivity index is 1.60. The molecular weight excluding hydrogens is 352 g/mol. The van der Waals surface area contributed by atoms with Crippen LogP contribution in [0.3, 0.4) is 0 Å². The van der Waals surface area contributed by atoms with E-state index in [-0.39, 0.29) is 0 Å². The molecule has 7 heteroatoms. The van der Waals surface area contributed by atoms with E-state index in [1.807, 2.05) is 30.3 Å². The molecule has 3 rings (SSSR count). The van der Waals surface area contributed by atoms with Gasteiger partial charge in [-0.05, 0) is 42.3 Å². The van der Waals surface area contributed by atoms with E-state index in [2.05, 4.69) is 22.3 Å². The van der Waals surface area contributed by atoms with Crippen molar-refractivity contribution < 1.29 is 18.6 Å². The third kappa shape index (κ3) is 4.29. The largest absolute Gasteiger partial charge is 0.497 e. The SMILES string of the molecule is COc1ccc(CCSc2nnc(-c3ccc(OC)c(OC)c3)o2)cc1. The van der Waals surface area contributed by atoms with Crippen LogP contribution in [-0.4, -0.2) is 37.3 Å². The van der Waals surface area contributed by atoms with Crippen LogP contribution >= 0.6 is 11.8 Å². The second kappa shape index (κ2) is 8.62. The van der Waals surface area contributed by atoms with Gasteiger partial charge in [0.1, 0.15) is 5.75 Å². The highest BCUT2D eigenvalue weighted by Gasteiger charge is 2.12. The first-order valence-electron chi connectivity index (χ1n) is 8.05. The first-order chi connectivity index (χ1) is 12.7. The van der Waals surface area contributed by atoms with Crippen molar-refractivity contribution in [1.29, 1.82) is 0 Å². The van der Waals surface area contributed by atoms with Crippen LogP contribution in [-0.2, 0) is 6.42 Å². The number of hydrogen-bond donors (Lipinski definition) is 0. The van der Waals surface area contributed by atoms with Gasteiger partial charge >= 0.3 is 0 Å². The number of aryl methyl sites for hydroxylation is 1. The predicted molar refractivity (Wildman–Crippen MR) is 100 cm³/mol. The minimum atomic E-state index is 0.456. The van der Waals surface area contributed by atoms with E-state index in [0.717, 1.165) is 23.5 Å². The maximum atomic E-state index is 5.74. The van der Waals surface area contributed by atoms with Crippen molar-refractivity contribution >= 4 is 11.8 Å². The molecule has 0 aliphatic carbocycles. The smallest absolute Gasteiger partial charge is 0.276 e. The van der Waals surface area contributed by atoms with Crippen LogP contribution in [0.15, 0.2) is 52.1 Å². The van der Waals surface area contributed by atoms with Gasteiger partial charge < -0.3 is 18.6 Å². The molecule has 0 aliphatic heterocycles. The molecule has 0 fully saturated rings. The van der Waals surface area contributed by atoms with E-state index in [1.165, 1.54) is 17.3 Å². The third-order valence-corrected chi connectivity index (χ3v) is 4.63. The molecule has 1 aromatic heterocycles. The highest BCUT2D eigenvalue weighted by molar-refractivity contribution is 7.99. The van der Waals surface area contributed by atoms with E-state index in [4.69, 9.17) is 18.6 Å². The van der Waals surface area contributed by atoms with Gasteiger partial charge in [-0.25, -0.2) is 0 Å². The number of hydrogen-bond acceptors (Lipinski definition) is 7. The number of methoxy groups -OCH3 is 3. The summed E-state index contributed by atoms with van der Waals surface area (Å²) in [6, 6.07) is 13.5. The molecule has 0 saturated heterocycles. The fraction of sp³-hybridized carbons (Fsp3) is 0.263. The Labute approximate surface area is 156 Å². The summed E-state index contributed by atoms with van der Waals surface area (Å²) < 4.78 is 21.4. The molecule has 0 saturated carbocycles. The molecule has 0 amide bonds. The summed E-state index contributed by atoms with van der Waals surface area (Å²) in [7, 11) is 4.86. The van der Waals surface area contributed by atoms with Crippen LogP contribution in [0.2, 0.25) is 0 Å². The number of thioether (sulfide) groups is 1. The molecule has 3 aromatic rings. The summed E-state index contributed by atoms with van der Waals surface area (Å²) in [6.07, 6.45) is 0.905. The molecule has 2 aromatic carbocycles. The molecule has 136 valence electrons. The van der Waals surface area contributed by atoms with E-state index < -0.39 is 0 Å². The maximum Gasteiger partial charge on any atom is 0.276 e. The average Bonchev–Trinajstić information content (AvgIpc) is 3.17. The lowest BCUT2D eigenvalue weighted by atomic mass is 10.2.